The number of rotatable bonds is 2. The summed E-state index contributed by atoms with van der Waals surface area (Å²) in [6.07, 6.45) is 4.18. The van der Waals surface area contributed by atoms with E-state index in [2.05, 4.69) is 60.7 Å². The van der Waals surface area contributed by atoms with Gasteiger partial charge in [-0.25, -0.2) is 0 Å². The van der Waals surface area contributed by atoms with E-state index in [4.69, 9.17) is 14.2 Å². The highest BCUT2D eigenvalue weighted by atomic mass is 16.5. The van der Waals surface area contributed by atoms with Crippen molar-refractivity contribution in [3.63, 3.8) is 0 Å². The molecule has 0 radical (unpaired) electrons. The molecule has 6 rings (SSSR count). The van der Waals surface area contributed by atoms with Gasteiger partial charge in [0.15, 0.2) is 0 Å². The molecule has 146 valence electrons. The summed E-state index contributed by atoms with van der Waals surface area (Å²) in [5.41, 5.74) is 6.91. The van der Waals surface area contributed by atoms with Crippen LogP contribution in [0.5, 0.6) is 17.2 Å². The van der Waals surface area contributed by atoms with E-state index in [-0.39, 0.29) is 0 Å². The fourth-order valence-electron chi connectivity index (χ4n) is 4.57. The van der Waals surface area contributed by atoms with Gasteiger partial charge in [-0.1, -0.05) is 54.6 Å². The first-order valence-corrected chi connectivity index (χ1v) is 10.1. The Kier molecular flexibility index (Phi) is 3.81. The third-order valence-electron chi connectivity index (χ3n) is 5.94. The quantitative estimate of drug-likeness (QED) is 0.391. The summed E-state index contributed by atoms with van der Waals surface area (Å²) in [4.78, 5) is 0. The zero-order valence-electron chi connectivity index (χ0n) is 16.6. The van der Waals surface area contributed by atoms with E-state index in [1.807, 2.05) is 18.2 Å². The maximum Gasteiger partial charge on any atom is 0.139 e. The second-order valence-electron chi connectivity index (χ2n) is 7.56. The number of benzene rings is 4. The number of fused-ring (bicyclic) bond motifs is 8. The Balaban J connectivity index is 1.75. The molecule has 0 fully saturated rings. The topological polar surface area (TPSA) is 27.7 Å². The number of hydrogen-bond acceptors (Lipinski definition) is 3. The van der Waals surface area contributed by atoms with Crippen LogP contribution in [0.15, 0.2) is 72.8 Å². The van der Waals surface area contributed by atoms with Gasteiger partial charge in [0.1, 0.15) is 30.5 Å². The van der Waals surface area contributed by atoms with Gasteiger partial charge < -0.3 is 14.2 Å². The highest BCUT2D eigenvalue weighted by Gasteiger charge is 2.28. The molecule has 0 amide bonds. The first-order chi connectivity index (χ1) is 14.8. The van der Waals surface area contributed by atoms with Crippen LogP contribution in [0.3, 0.4) is 0 Å². The molecule has 4 aromatic carbocycles. The summed E-state index contributed by atoms with van der Waals surface area (Å²) in [5.74, 6) is 2.66. The second kappa shape index (κ2) is 6.67. The third-order valence-corrected chi connectivity index (χ3v) is 5.94. The third kappa shape index (κ3) is 2.45. The highest BCUT2D eigenvalue weighted by Crippen LogP contribution is 2.52. The minimum Gasteiger partial charge on any atom is -0.497 e. The molecule has 0 N–H and O–H groups in total. The lowest BCUT2D eigenvalue weighted by Gasteiger charge is -2.28. The van der Waals surface area contributed by atoms with Crippen molar-refractivity contribution in [2.24, 2.45) is 0 Å². The minimum atomic E-state index is 0.569. The van der Waals surface area contributed by atoms with Crippen LogP contribution in [0, 0.1) is 0 Å². The van der Waals surface area contributed by atoms with Crippen LogP contribution in [-0.2, 0) is 6.61 Å². The van der Waals surface area contributed by atoms with Crippen LogP contribution < -0.4 is 14.2 Å². The van der Waals surface area contributed by atoms with Crippen molar-refractivity contribution in [3.8, 4) is 39.5 Å². The molecule has 0 aromatic heterocycles. The van der Waals surface area contributed by atoms with Crippen LogP contribution >= 0.6 is 0 Å². The molecule has 0 spiro atoms. The van der Waals surface area contributed by atoms with E-state index >= 15 is 0 Å². The Labute approximate surface area is 175 Å². The fraction of sp³-hybridized carbons (Fsp3) is 0.111. The Hall–Kier alpha value is -3.72. The van der Waals surface area contributed by atoms with E-state index in [0.29, 0.717) is 13.2 Å². The van der Waals surface area contributed by atoms with Crippen molar-refractivity contribution in [2.75, 3.05) is 13.7 Å². The highest BCUT2D eigenvalue weighted by molar-refractivity contribution is 6.13. The zero-order valence-corrected chi connectivity index (χ0v) is 16.6. The van der Waals surface area contributed by atoms with Gasteiger partial charge in [0.25, 0.3) is 0 Å². The maximum atomic E-state index is 6.33. The van der Waals surface area contributed by atoms with Crippen molar-refractivity contribution in [3.05, 3.63) is 83.9 Å². The van der Waals surface area contributed by atoms with E-state index in [0.717, 1.165) is 44.9 Å². The fourth-order valence-corrected chi connectivity index (χ4v) is 4.57. The molecule has 2 heterocycles. The van der Waals surface area contributed by atoms with Crippen LogP contribution in [0.4, 0.5) is 0 Å². The number of methoxy groups -OCH3 is 1. The summed E-state index contributed by atoms with van der Waals surface area (Å²) in [5, 5.41) is 2.28. The smallest absolute Gasteiger partial charge is 0.139 e. The number of ether oxygens (including phenoxy) is 3. The molecule has 0 bridgehead atoms. The molecule has 3 heteroatoms. The van der Waals surface area contributed by atoms with Crippen LogP contribution in [0.2, 0.25) is 0 Å². The average Bonchev–Trinajstić information content (AvgIpc) is 2.83. The van der Waals surface area contributed by atoms with Crippen molar-refractivity contribution in [2.45, 2.75) is 6.61 Å². The van der Waals surface area contributed by atoms with E-state index < -0.39 is 0 Å². The molecule has 2 aliphatic heterocycles. The minimum absolute atomic E-state index is 0.569. The van der Waals surface area contributed by atoms with Gasteiger partial charge in [0, 0.05) is 16.3 Å². The largest absolute Gasteiger partial charge is 0.497 e. The molecule has 30 heavy (non-hydrogen) atoms. The lowest BCUT2D eigenvalue weighted by molar-refractivity contribution is 0.297. The summed E-state index contributed by atoms with van der Waals surface area (Å²) in [6.45, 7) is 1.14. The Bertz CT molecular complexity index is 1320. The van der Waals surface area contributed by atoms with Gasteiger partial charge >= 0.3 is 0 Å². The van der Waals surface area contributed by atoms with Gasteiger partial charge in [0.2, 0.25) is 0 Å². The van der Waals surface area contributed by atoms with Gasteiger partial charge in [-0.15, -0.1) is 0 Å². The molecule has 0 aliphatic carbocycles. The van der Waals surface area contributed by atoms with Crippen LogP contribution in [0.1, 0.15) is 11.1 Å². The molecule has 3 nitrogen and oxygen atoms in total. The molecule has 4 aromatic rings. The molecular weight excluding hydrogens is 372 g/mol. The average molecular weight is 392 g/mol. The summed E-state index contributed by atoms with van der Waals surface area (Å²) < 4.78 is 17.8. The Morgan fingerprint density at radius 1 is 0.800 bits per heavy atom. The molecule has 2 aliphatic rings. The zero-order chi connectivity index (χ0) is 20.1. The van der Waals surface area contributed by atoms with E-state index in [1.165, 1.54) is 16.5 Å². The van der Waals surface area contributed by atoms with Gasteiger partial charge in [-0.2, -0.15) is 0 Å². The van der Waals surface area contributed by atoms with Crippen LogP contribution in [-0.4, -0.2) is 13.7 Å². The molecule has 0 atom stereocenters. The molecule has 0 saturated carbocycles. The first-order valence-electron chi connectivity index (χ1n) is 10.1. The monoisotopic (exact) mass is 392 g/mol. The molecule has 0 saturated heterocycles. The second-order valence-corrected chi connectivity index (χ2v) is 7.56. The van der Waals surface area contributed by atoms with Crippen molar-refractivity contribution in [1.29, 1.82) is 0 Å². The summed E-state index contributed by atoms with van der Waals surface area (Å²) in [7, 11) is 1.69. The Morgan fingerprint density at radius 3 is 2.50 bits per heavy atom. The van der Waals surface area contributed by atoms with Crippen molar-refractivity contribution in [1.82, 2.24) is 0 Å². The van der Waals surface area contributed by atoms with Crippen molar-refractivity contribution < 1.29 is 14.2 Å². The number of hydrogen-bond donors (Lipinski definition) is 0. The van der Waals surface area contributed by atoms with Crippen LogP contribution in [0.25, 0.3) is 39.1 Å². The lowest BCUT2D eigenvalue weighted by Crippen LogP contribution is -2.11. The predicted octanol–water partition coefficient (Wildman–Crippen LogP) is 6.48. The summed E-state index contributed by atoms with van der Waals surface area (Å²) in [6, 6.07) is 23.2. The van der Waals surface area contributed by atoms with Gasteiger partial charge in [0.05, 0.1) is 12.7 Å². The van der Waals surface area contributed by atoms with E-state index in [9.17, 15) is 0 Å². The van der Waals surface area contributed by atoms with Gasteiger partial charge in [-0.05, 0) is 46.5 Å². The summed E-state index contributed by atoms with van der Waals surface area (Å²) >= 11 is 0. The molecular formula is C27H20O3. The SMILES string of the molecule is COc1ccc(-c2cccc3c4c(c5c(c23)-c2ccccc2CO5)C=CCO4)cc1. The van der Waals surface area contributed by atoms with Crippen molar-refractivity contribution >= 4 is 16.8 Å². The maximum absolute atomic E-state index is 6.33. The van der Waals surface area contributed by atoms with E-state index in [1.54, 1.807) is 7.11 Å². The standard InChI is InChI=1S/C27H20O3/c1-28-19-13-11-17(12-14-19)20-8-4-9-22-24(20)25-21-7-3-2-6-18(21)16-30-27(25)23-10-5-15-29-26(22)23/h2-14H,15-16H2,1H3. The predicted molar refractivity (Wildman–Crippen MR) is 120 cm³/mol. The normalized spacial score (nSPS) is 13.6. The van der Waals surface area contributed by atoms with Gasteiger partial charge in [-0.3, -0.25) is 0 Å². The molecule has 0 unspecified atom stereocenters. The Morgan fingerprint density at radius 2 is 1.63 bits per heavy atom. The first kappa shape index (κ1) is 17.2. The lowest BCUT2D eigenvalue weighted by atomic mass is 9.85.